The van der Waals surface area contributed by atoms with Gasteiger partial charge in [0, 0.05) is 25.3 Å². The number of hydrogen-bond acceptors (Lipinski definition) is 7. The Bertz CT molecular complexity index is 636. The van der Waals surface area contributed by atoms with Gasteiger partial charge >= 0.3 is 5.69 Å². The zero-order valence-corrected chi connectivity index (χ0v) is 13.0. The molecule has 1 saturated carbocycles. The van der Waals surface area contributed by atoms with Crippen LogP contribution in [-0.4, -0.2) is 34.2 Å². The Hall–Kier alpha value is -2.26. The number of anilines is 1. The summed E-state index contributed by atoms with van der Waals surface area (Å²) >= 11 is 0. The topological polar surface area (TPSA) is 128 Å². The Balaban J connectivity index is 2.48. The molecule has 9 nitrogen and oxygen atoms in total. The molecule has 1 aliphatic carbocycles. The fraction of sp³-hybridized carbons (Fsp3) is 0.571. The zero-order valence-electron chi connectivity index (χ0n) is 13.0. The van der Waals surface area contributed by atoms with Crippen LogP contribution in [0.25, 0.3) is 0 Å². The Morgan fingerprint density at radius 2 is 2.00 bits per heavy atom. The van der Waals surface area contributed by atoms with Crippen LogP contribution in [0.2, 0.25) is 0 Å². The van der Waals surface area contributed by atoms with E-state index in [1.165, 1.54) is 13.0 Å². The van der Waals surface area contributed by atoms with Crippen LogP contribution in [0.15, 0.2) is 6.07 Å². The van der Waals surface area contributed by atoms with Crippen molar-refractivity contribution in [2.45, 2.75) is 38.4 Å². The Labute approximate surface area is 132 Å². The van der Waals surface area contributed by atoms with E-state index in [-0.39, 0.29) is 29.0 Å². The van der Waals surface area contributed by atoms with Crippen LogP contribution in [0.3, 0.4) is 0 Å². The number of hydrogen-bond donors (Lipinski definition) is 2. The molecule has 0 aliphatic heterocycles. The lowest BCUT2D eigenvalue weighted by atomic mass is 9.80. The van der Waals surface area contributed by atoms with Crippen LogP contribution in [-0.2, 0) is 11.3 Å². The molecule has 2 N–H and O–H groups in total. The second kappa shape index (κ2) is 6.47. The Morgan fingerprint density at radius 1 is 1.35 bits per heavy atom. The Kier molecular flexibility index (Phi) is 4.81. The first kappa shape index (κ1) is 17.1. The normalized spacial score (nSPS) is 15.8. The molecule has 0 spiro atoms. The monoisotopic (exact) mass is 325 g/mol. The molecule has 0 atom stereocenters. The summed E-state index contributed by atoms with van der Waals surface area (Å²) in [7, 11) is 1.56. The SMILES string of the molecule is COC1(CNc2c([N+](=O)[O-])cc(CO)c(C)c2[N+](=O)[O-])CCC1. The number of nitro groups is 2. The Morgan fingerprint density at radius 3 is 2.39 bits per heavy atom. The van der Waals surface area contributed by atoms with Crippen molar-refractivity contribution >= 4 is 17.1 Å². The molecule has 2 rings (SSSR count). The summed E-state index contributed by atoms with van der Waals surface area (Å²) in [5.41, 5.74) is -1.00. The standard InChI is InChI=1S/C14H19N3O6/c1-9-10(7-18)6-11(16(19)20)12(13(9)17(21)22)15-8-14(23-2)4-3-5-14/h6,15,18H,3-5,7-8H2,1-2H3. The average Bonchev–Trinajstić information content (AvgIpc) is 2.45. The molecule has 0 heterocycles. The lowest BCUT2D eigenvalue weighted by Crippen LogP contribution is -2.45. The molecule has 0 unspecified atom stereocenters. The molecular weight excluding hydrogens is 306 g/mol. The fourth-order valence-corrected chi connectivity index (χ4v) is 2.79. The van der Waals surface area contributed by atoms with Crippen molar-refractivity contribution in [1.82, 2.24) is 0 Å². The lowest BCUT2D eigenvalue weighted by Gasteiger charge is -2.40. The minimum Gasteiger partial charge on any atom is -0.392 e. The van der Waals surface area contributed by atoms with Gasteiger partial charge in [-0.15, -0.1) is 0 Å². The molecule has 0 amide bonds. The van der Waals surface area contributed by atoms with Gasteiger partial charge in [-0.3, -0.25) is 20.2 Å². The number of nitro benzene ring substituents is 2. The number of methoxy groups -OCH3 is 1. The minimum absolute atomic E-state index is 0.141. The molecule has 0 saturated heterocycles. The van der Waals surface area contributed by atoms with Crippen molar-refractivity contribution in [3.05, 3.63) is 37.4 Å². The number of rotatable bonds is 7. The van der Waals surface area contributed by atoms with Gasteiger partial charge in [0.1, 0.15) is 0 Å². The van der Waals surface area contributed by atoms with Gasteiger partial charge in [0.2, 0.25) is 0 Å². The summed E-state index contributed by atoms with van der Waals surface area (Å²) in [6.45, 7) is 1.22. The van der Waals surface area contributed by atoms with E-state index in [2.05, 4.69) is 5.32 Å². The van der Waals surface area contributed by atoms with Crippen molar-refractivity contribution in [3.8, 4) is 0 Å². The first-order chi connectivity index (χ1) is 10.8. The van der Waals surface area contributed by atoms with Crippen LogP contribution in [0.5, 0.6) is 0 Å². The fourth-order valence-electron chi connectivity index (χ4n) is 2.79. The molecule has 1 aromatic carbocycles. The van der Waals surface area contributed by atoms with E-state index in [1.54, 1.807) is 7.11 Å². The van der Waals surface area contributed by atoms with Gasteiger partial charge in [-0.2, -0.15) is 0 Å². The third-order valence-electron chi connectivity index (χ3n) is 4.48. The van der Waals surface area contributed by atoms with Gasteiger partial charge in [-0.05, 0) is 31.7 Å². The number of ether oxygens (including phenoxy) is 1. The predicted octanol–water partition coefficient (Wildman–Crippen LogP) is 2.28. The van der Waals surface area contributed by atoms with Gasteiger partial charge in [0.25, 0.3) is 5.69 Å². The third kappa shape index (κ3) is 3.10. The number of nitrogens with zero attached hydrogens (tertiary/aromatic N) is 2. The molecule has 0 radical (unpaired) electrons. The average molecular weight is 325 g/mol. The summed E-state index contributed by atoms with van der Waals surface area (Å²) in [5.74, 6) is 0. The van der Waals surface area contributed by atoms with Gasteiger partial charge in [-0.1, -0.05) is 0 Å². The summed E-state index contributed by atoms with van der Waals surface area (Å²) < 4.78 is 5.43. The van der Waals surface area contributed by atoms with E-state index >= 15 is 0 Å². The summed E-state index contributed by atoms with van der Waals surface area (Å²) in [6, 6.07) is 1.17. The van der Waals surface area contributed by atoms with Gasteiger partial charge in [0.15, 0.2) is 5.69 Å². The minimum atomic E-state index is -0.686. The second-order valence-electron chi connectivity index (χ2n) is 5.67. The van der Waals surface area contributed by atoms with Crippen molar-refractivity contribution in [1.29, 1.82) is 0 Å². The van der Waals surface area contributed by atoms with E-state index in [1.807, 2.05) is 0 Å². The first-order valence-electron chi connectivity index (χ1n) is 7.20. The summed E-state index contributed by atoms with van der Waals surface area (Å²) in [4.78, 5) is 21.3. The van der Waals surface area contributed by atoms with Crippen LogP contribution in [0.1, 0.15) is 30.4 Å². The van der Waals surface area contributed by atoms with Crippen molar-refractivity contribution in [2.24, 2.45) is 0 Å². The predicted molar refractivity (Wildman–Crippen MR) is 82.5 cm³/mol. The summed E-state index contributed by atoms with van der Waals surface area (Å²) in [6.07, 6.45) is 2.58. The first-order valence-corrected chi connectivity index (χ1v) is 7.20. The van der Waals surface area contributed by atoms with E-state index in [9.17, 15) is 25.3 Å². The number of aliphatic hydroxyl groups is 1. The maximum atomic E-state index is 11.4. The number of nitrogens with one attached hydrogen (secondary N) is 1. The third-order valence-corrected chi connectivity index (χ3v) is 4.48. The molecule has 1 fully saturated rings. The molecule has 23 heavy (non-hydrogen) atoms. The zero-order chi connectivity index (χ0) is 17.2. The number of benzene rings is 1. The van der Waals surface area contributed by atoms with Crippen LogP contribution in [0.4, 0.5) is 17.1 Å². The van der Waals surface area contributed by atoms with Crippen molar-refractivity contribution in [3.63, 3.8) is 0 Å². The second-order valence-corrected chi connectivity index (χ2v) is 5.67. The highest BCUT2D eigenvalue weighted by Crippen LogP contribution is 2.41. The van der Waals surface area contributed by atoms with Crippen molar-refractivity contribution < 1.29 is 19.7 Å². The molecule has 1 aliphatic rings. The van der Waals surface area contributed by atoms with E-state index in [4.69, 9.17) is 4.74 Å². The number of aliphatic hydroxyl groups excluding tert-OH is 1. The lowest BCUT2D eigenvalue weighted by molar-refractivity contribution is -0.392. The highest BCUT2D eigenvalue weighted by molar-refractivity contribution is 5.77. The largest absolute Gasteiger partial charge is 0.392 e. The maximum Gasteiger partial charge on any atom is 0.302 e. The summed E-state index contributed by atoms with van der Waals surface area (Å²) in [5, 5.41) is 34.8. The van der Waals surface area contributed by atoms with Crippen LogP contribution < -0.4 is 5.32 Å². The van der Waals surface area contributed by atoms with Gasteiger partial charge in [-0.25, -0.2) is 0 Å². The molecule has 0 bridgehead atoms. The van der Waals surface area contributed by atoms with Gasteiger partial charge < -0.3 is 15.2 Å². The maximum absolute atomic E-state index is 11.4. The molecular formula is C14H19N3O6. The van der Waals surface area contributed by atoms with E-state index in [0.717, 1.165) is 19.3 Å². The van der Waals surface area contributed by atoms with E-state index < -0.39 is 27.7 Å². The molecule has 126 valence electrons. The van der Waals surface area contributed by atoms with Crippen LogP contribution >= 0.6 is 0 Å². The highest BCUT2D eigenvalue weighted by Gasteiger charge is 2.39. The molecule has 1 aromatic rings. The van der Waals surface area contributed by atoms with Crippen molar-refractivity contribution in [2.75, 3.05) is 19.0 Å². The quantitative estimate of drug-likeness (QED) is 0.581. The highest BCUT2D eigenvalue weighted by atomic mass is 16.6. The van der Waals surface area contributed by atoms with E-state index in [0.29, 0.717) is 0 Å². The van der Waals surface area contributed by atoms with Gasteiger partial charge in [0.05, 0.1) is 22.1 Å². The molecule has 0 aromatic heterocycles. The smallest absolute Gasteiger partial charge is 0.302 e. The molecule has 9 heteroatoms. The van der Waals surface area contributed by atoms with Crippen LogP contribution in [0, 0.1) is 27.2 Å².